The van der Waals surface area contributed by atoms with Gasteiger partial charge in [-0.3, -0.25) is 4.79 Å². The third-order valence-electron chi connectivity index (χ3n) is 4.79. The van der Waals surface area contributed by atoms with Gasteiger partial charge in [-0.25, -0.2) is 9.97 Å². The molecule has 0 spiro atoms. The number of benzene rings is 1. The summed E-state index contributed by atoms with van der Waals surface area (Å²) in [6.45, 7) is 1.69. The smallest absolute Gasteiger partial charge is 0.342 e. The molecule has 4 rings (SSSR count). The number of nitrogens with zero attached hydrogens (tertiary/aromatic N) is 5. The number of rotatable bonds is 6. The molecule has 3 aromatic rings. The van der Waals surface area contributed by atoms with Gasteiger partial charge in [0.1, 0.15) is 6.07 Å². The minimum atomic E-state index is -4.50. The second-order valence-electron chi connectivity index (χ2n) is 7.45. The van der Waals surface area contributed by atoms with Crippen molar-refractivity contribution in [3.05, 3.63) is 64.3 Å². The molecule has 1 saturated carbocycles. The van der Waals surface area contributed by atoms with Crippen LogP contribution in [0.3, 0.4) is 0 Å². The predicted octanol–water partition coefficient (Wildman–Crippen LogP) is 5.17. The van der Waals surface area contributed by atoms with Gasteiger partial charge in [-0.2, -0.15) is 23.1 Å². The van der Waals surface area contributed by atoms with Gasteiger partial charge < -0.3 is 5.32 Å². The summed E-state index contributed by atoms with van der Waals surface area (Å²) >= 11 is 5.59. The Labute approximate surface area is 196 Å². The SMILES string of the molecule is C[C@H](NC(=O)c1cc(Cl)cc(SC(F)(F)F)c1)c1nc(C2CC2)nn1-c1ccc(C#N)cn1. The number of carbonyl (C=O) groups is 1. The molecule has 1 fully saturated rings. The van der Waals surface area contributed by atoms with Gasteiger partial charge in [0.25, 0.3) is 5.91 Å². The van der Waals surface area contributed by atoms with Crippen molar-refractivity contribution in [3.8, 4) is 11.9 Å². The molecule has 1 N–H and O–H groups in total. The van der Waals surface area contributed by atoms with E-state index >= 15 is 0 Å². The van der Waals surface area contributed by atoms with Crippen LogP contribution in [-0.2, 0) is 0 Å². The molecule has 12 heteroatoms. The standard InChI is InChI=1S/C21H16ClF3N6OS/c1-11(28-20(32)14-6-15(22)8-16(7-14)33-21(23,24)25)19-29-18(13-3-4-13)30-31(19)17-5-2-12(9-26)10-27-17/h2,5-8,10-11,13H,3-4H2,1H3,(H,28,32)/t11-/m0/s1. The molecular formula is C21H16ClF3N6OS. The molecule has 0 saturated heterocycles. The van der Waals surface area contributed by atoms with Crippen LogP contribution in [0.1, 0.15) is 59.3 Å². The summed E-state index contributed by atoms with van der Waals surface area (Å²) in [5.41, 5.74) is -4.13. The fraction of sp³-hybridized carbons (Fsp3) is 0.286. The summed E-state index contributed by atoms with van der Waals surface area (Å²) in [4.78, 5) is 21.5. The predicted molar refractivity (Wildman–Crippen MR) is 115 cm³/mol. The van der Waals surface area contributed by atoms with Crippen LogP contribution in [0.15, 0.2) is 41.4 Å². The number of carbonyl (C=O) groups excluding carboxylic acids is 1. The highest BCUT2D eigenvalue weighted by Crippen LogP contribution is 2.39. The van der Waals surface area contributed by atoms with Crippen LogP contribution in [0.25, 0.3) is 5.82 Å². The van der Waals surface area contributed by atoms with E-state index in [0.717, 1.165) is 25.0 Å². The number of aromatic nitrogens is 4. The quantitative estimate of drug-likeness (QED) is 0.477. The molecular weight excluding hydrogens is 477 g/mol. The van der Waals surface area contributed by atoms with Gasteiger partial charge in [-0.05, 0) is 61.9 Å². The van der Waals surface area contributed by atoms with Gasteiger partial charge in [0.2, 0.25) is 0 Å². The summed E-state index contributed by atoms with van der Waals surface area (Å²) in [5.74, 6) is 1.10. The van der Waals surface area contributed by atoms with Crippen LogP contribution < -0.4 is 5.32 Å². The van der Waals surface area contributed by atoms with Crippen molar-refractivity contribution in [2.45, 2.75) is 42.1 Å². The summed E-state index contributed by atoms with van der Waals surface area (Å²) < 4.78 is 39.7. The molecule has 1 atom stereocenters. The van der Waals surface area contributed by atoms with Crippen molar-refractivity contribution >= 4 is 29.3 Å². The van der Waals surface area contributed by atoms with E-state index in [1.54, 1.807) is 19.1 Å². The normalized spacial score (nSPS) is 14.5. The third kappa shape index (κ3) is 5.64. The number of amides is 1. The topological polar surface area (TPSA) is 96.5 Å². The first-order valence-electron chi connectivity index (χ1n) is 9.83. The van der Waals surface area contributed by atoms with Gasteiger partial charge in [0.15, 0.2) is 17.5 Å². The lowest BCUT2D eigenvalue weighted by atomic mass is 10.2. The zero-order valence-electron chi connectivity index (χ0n) is 17.1. The Morgan fingerprint density at radius 3 is 2.70 bits per heavy atom. The molecule has 2 heterocycles. The molecule has 7 nitrogen and oxygen atoms in total. The first-order valence-corrected chi connectivity index (χ1v) is 11.0. The molecule has 33 heavy (non-hydrogen) atoms. The zero-order chi connectivity index (χ0) is 23.8. The Kier molecular flexibility index (Phi) is 6.32. The molecule has 1 aliphatic carbocycles. The van der Waals surface area contributed by atoms with E-state index < -0.39 is 17.5 Å². The van der Waals surface area contributed by atoms with E-state index in [9.17, 15) is 18.0 Å². The Bertz CT molecular complexity index is 1230. The van der Waals surface area contributed by atoms with Crippen LogP contribution in [0.2, 0.25) is 5.02 Å². The van der Waals surface area contributed by atoms with Gasteiger partial charge in [-0.15, -0.1) is 5.10 Å². The highest BCUT2D eigenvalue weighted by molar-refractivity contribution is 8.00. The average molecular weight is 493 g/mol. The molecule has 2 aromatic heterocycles. The number of thioether (sulfide) groups is 1. The number of hydrogen-bond donors (Lipinski definition) is 1. The lowest BCUT2D eigenvalue weighted by Gasteiger charge is -2.15. The Hall–Kier alpha value is -3.10. The Morgan fingerprint density at radius 1 is 1.33 bits per heavy atom. The Balaban J connectivity index is 1.60. The second kappa shape index (κ2) is 9.03. The molecule has 0 unspecified atom stereocenters. The van der Waals surface area contributed by atoms with Gasteiger partial charge in [0, 0.05) is 27.6 Å². The van der Waals surface area contributed by atoms with Crippen LogP contribution in [-0.4, -0.2) is 31.2 Å². The van der Waals surface area contributed by atoms with Crippen LogP contribution >= 0.6 is 23.4 Å². The van der Waals surface area contributed by atoms with Crippen molar-refractivity contribution in [1.82, 2.24) is 25.1 Å². The summed E-state index contributed by atoms with van der Waals surface area (Å²) in [6.07, 6.45) is 3.34. The first kappa shape index (κ1) is 23.1. The maximum atomic E-state index is 12.8. The van der Waals surface area contributed by atoms with E-state index in [4.69, 9.17) is 16.9 Å². The number of pyridine rings is 1. The van der Waals surface area contributed by atoms with Crippen molar-refractivity contribution in [1.29, 1.82) is 5.26 Å². The van der Waals surface area contributed by atoms with Gasteiger partial charge in [0.05, 0.1) is 11.6 Å². The average Bonchev–Trinajstić information content (AvgIpc) is 3.50. The van der Waals surface area contributed by atoms with E-state index in [1.165, 1.54) is 16.9 Å². The second-order valence-corrected chi connectivity index (χ2v) is 9.02. The van der Waals surface area contributed by atoms with Crippen LogP contribution in [0.4, 0.5) is 13.2 Å². The maximum Gasteiger partial charge on any atom is 0.446 e. The molecule has 170 valence electrons. The fourth-order valence-electron chi connectivity index (χ4n) is 3.11. The fourth-order valence-corrected chi connectivity index (χ4v) is 4.05. The Morgan fingerprint density at radius 2 is 2.09 bits per heavy atom. The summed E-state index contributed by atoms with van der Waals surface area (Å²) in [6, 6.07) is 8.15. The van der Waals surface area contributed by atoms with Crippen molar-refractivity contribution in [2.24, 2.45) is 0 Å². The molecule has 1 amide bonds. The van der Waals surface area contributed by atoms with E-state index in [0.29, 0.717) is 23.0 Å². The van der Waals surface area contributed by atoms with E-state index in [-0.39, 0.29) is 33.2 Å². The number of alkyl halides is 3. The van der Waals surface area contributed by atoms with Gasteiger partial charge in [-0.1, -0.05) is 11.6 Å². The monoisotopic (exact) mass is 492 g/mol. The number of hydrogen-bond acceptors (Lipinski definition) is 6. The largest absolute Gasteiger partial charge is 0.446 e. The molecule has 1 aliphatic rings. The molecule has 1 aromatic carbocycles. The lowest BCUT2D eigenvalue weighted by molar-refractivity contribution is -0.0328. The minimum Gasteiger partial charge on any atom is -0.342 e. The number of nitrogens with one attached hydrogen (secondary N) is 1. The highest BCUT2D eigenvalue weighted by atomic mass is 35.5. The highest BCUT2D eigenvalue weighted by Gasteiger charge is 2.32. The van der Waals surface area contributed by atoms with Crippen LogP contribution in [0.5, 0.6) is 0 Å². The first-order chi connectivity index (χ1) is 15.6. The number of nitriles is 1. The van der Waals surface area contributed by atoms with Crippen molar-refractivity contribution in [2.75, 3.05) is 0 Å². The number of halogens is 4. The molecule has 0 bridgehead atoms. The third-order valence-corrected chi connectivity index (χ3v) is 5.71. The summed E-state index contributed by atoms with van der Waals surface area (Å²) in [5, 5.41) is 16.3. The van der Waals surface area contributed by atoms with Gasteiger partial charge >= 0.3 is 5.51 Å². The zero-order valence-corrected chi connectivity index (χ0v) is 18.7. The summed E-state index contributed by atoms with van der Waals surface area (Å²) in [7, 11) is 0. The minimum absolute atomic E-state index is 0.00826. The van der Waals surface area contributed by atoms with Crippen LogP contribution in [0, 0.1) is 11.3 Å². The maximum absolute atomic E-state index is 12.8. The van der Waals surface area contributed by atoms with E-state index in [2.05, 4.69) is 20.4 Å². The molecule has 0 aliphatic heterocycles. The van der Waals surface area contributed by atoms with Crippen molar-refractivity contribution in [3.63, 3.8) is 0 Å². The molecule has 0 radical (unpaired) electrons. The van der Waals surface area contributed by atoms with E-state index in [1.807, 2.05) is 6.07 Å². The lowest BCUT2D eigenvalue weighted by Crippen LogP contribution is -2.29. The van der Waals surface area contributed by atoms with Crippen molar-refractivity contribution < 1.29 is 18.0 Å².